The van der Waals surface area contributed by atoms with Gasteiger partial charge in [-0.25, -0.2) is 0 Å². The summed E-state index contributed by atoms with van der Waals surface area (Å²) >= 11 is 1.78. The summed E-state index contributed by atoms with van der Waals surface area (Å²) in [6, 6.07) is 5.27. The molecule has 3 heterocycles. The van der Waals surface area contributed by atoms with Crippen LogP contribution in [0.25, 0.3) is 0 Å². The molecule has 0 spiro atoms. The fourth-order valence-corrected chi connectivity index (χ4v) is 4.71. The molecule has 0 radical (unpaired) electrons. The second kappa shape index (κ2) is 5.25. The van der Waals surface area contributed by atoms with Crippen LogP contribution in [0, 0.1) is 5.92 Å². The minimum absolute atomic E-state index is 0.00176. The maximum atomic E-state index is 12.4. The number of ether oxygens (including phenoxy) is 1. The van der Waals surface area contributed by atoms with Gasteiger partial charge in [0.05, 0.1) is 12.5 Å². The fourth-order valence-electron chi connectivity index (χ4n) is 3.82. The molecular formula is C15H21NO2S. The highest BCUT2D eigenvalue weighted by Crippen LogP contribution is 2.47. The van der Waals surface area contributed by atoms with E-state index in [1.54, 1.807) is 11.3 Å². The lowest BCUT2D eigenvalue weighted by Crippen LogP contribution is -2.49. The molecule has 0 amide bonds. The van der Waals surface area contributed by atoms with Crippen LogP contribution in [0.15, 0.2) is 17.5 Å². The molecule has 2 bridgehead atoms. The fraction of sp³-hybridized carbons (Fsp3) is 0.667. The van der Waals surface area contributed by atoms with Gasteiger partial charge in [0.2, 0.25) is 0 Å². The lowest BCUT2D eigenvalue weighted by Gasteiger charge is -2.41. The first-order valence-electron chi connectivity index (χ1n) is 7.14. The van der Waals surface area contributed by atoms with Gasteiger partial charge in [-0.1, -0.05) is 6.07 Å². The number of thiophene rings is 1. The summed E-state index contributed by atoms with van der Waals surface area (Å²) < 4.78 is 5.35. The first-order chi connectivity index (χ1) is 9.22. The van der Waals surface area contributed by atoms with Gasteiger partial charge in [-0.2, -0.15) is 0 Å². The molecule has 2 aliphatic heterocycles. The summed E-state index contributed by atoms with van der Waals surface area (Å²) in [5.74, 6) is 0.369. The summed E-state index contributed by atoms with van der Waals surface area (Å²) in [6.45, 7) is 2.37. The SMILES string of the molecule is CCOC(=O)C1C2CCC(C[C@H]1c1cccs1)N2C. The number of nitrogens with zero attached hydrogens (tertiary/aromatic N) is 1. The molecule has 2 fully saturated rings. The normalized spacial score (nSPS) is 34.4. The molecule has 3 unspecified atom stereocenters. The summed E-state index contributed by atoms with van der Waals surface area (Å²) in [7, 11) is 2.17. The quantitative estimate of drug-likeness (QED) is 0.797. The second-order valence-electron chi connectivity index (χ2n) is 5.60. The minimum Gasteiger partial charge on any atom is -0.466 e. The lowest BCUT2D eigenvalue weighted by molar-refractivity contribution is -0.152. The average molecular weight is 279 g/mol. The Morgan fingerprint density at radius 3 is 3.05 bits per heavy atom. The summed E-state index contributed by atoms with van der Waals surface area (Å²) in [5, 5.41) is 2.11. The third-order valence-corrected chi connectivity index (χ3v) is 5.74. The van der Waals surface area contributed by atoms with Crippen molar-refractivity contribution in [2.75, 3.05) is 13.7 Å². The molecule has 104 valence electrons. The largest absolute Gasteiger partial charge is 0.466 e. The van der Waals surface area contributed by atoms with Crippen molar-refractivity contribution in [2.24, 2.45) is 5.92 Å². The number of esters is 1. The molecule has 0 aliphatic carbocycles. The van der Waals surface area contributed by atoms with Crippen molar-refractivity contribution < 1.29 is 9.53 Å². The lowest BCUT2D eigenvalue weighted by atomic mass is 9.79. The smallest absolute Gasteiger partial charge is 0.311 e. The van der Waals surface area contributed by atoms with Crippen LogP contribution in [0.2, 0.25) is 0 Å². The first kappa shape index (κ1) is 13.1. The Bertz CT molecular complexity index is 445. The van der Waals surface area contributed by atoms with Crippen molar-refractivity contribution in [3.63, 3.8) is 0 Å². The Hall–Kier alpha value is -0.870. The maximum absolute atomic E-state index is 12.4. The van der Waals surface area contributed by atoms with Gasteiger partial charge in [-0.05, 0) is 44.7 Å². The van der Waals surface area contributed by atoms with Crippen LogP contribution >= 0.6 is 11.3 Å². The van der Waals surface area contributed by atoms with Gasteiger partial charge >= 0.3 is 5.97 Å². The summed E-state index contributed by atoms with van der Waals surface area (Å²) in [5.41, 5.74) is 0. The monoisotopic (exact) mass is 279 g/mol. The van der Waals surface area contributed by atoms with E-state index < -0.39 is 0 Å². The van der Waals surface area contributed by atoms with Gasteiger partial charge in [0.1, 0.15) is 0 Å². The van der Waals surface area contributed by atoms with E-state index in [1.807, 2.05) is 6.92 Å². The molecule has 3 nitrogen and oxygen atoms in total. The van der Waals surface area contributed by atoms with Crippen LogP contribution in [0.3, 0.4) is 0 Å². The van der Waals surface area contributed by atoms with E-state index in [0.717, 1.165) is 12.8 Å². The van der Waals surface area contributed by atoms with Gasteiger partial charge in [0, 0.05) is 22.9 Å². The van der Waals surface area contributed by atoms with Crippen LogP contribution in [0.5, 0.6) is 0 Å². The van der Waals surface area contributed by atoms with E-state index in [9.17, 15) is 4.79 Å². The van der Waals surface area contributed by atoms with Crippen molar-refractivity contribution in [3.8, 4) is 0 Å². The van der Waals surface area contributed by atoms with Crippen LogP contribution in [-0.2, 0) is 9.53 Å². The molecule has 1 aromatic rings. The van der Waals surface area contributed by atoms with E-state index in [2.05, 4.69) is 29.5 Å². The molecule has 4 heteroatoms. The van der Waals surface area contributed by atoms with E-state index in [1.165, 1.54) is 11.3 Å². The highest BCUT2D eigenvalue weighted by Gasteiger charge is 2.49. The minimum atomic E-state index is -0.00176. The second-order valence-corrected chi connectivity index (χ2v) is 6.58. The van der Waals surface area contributed by atoms with E-state index in [4.69, 9.17) is 4.74 Å². The molecule has 0 N–H and O–H groups in total. The van der Waals surface area contributed by atoms with Crippen molar-refractivity contribution in [2.45, 2.75) is 44.2 Å². The van der Waals surface area contributed by atoms with E-state index in [0.29, 0.717) is 24.6 Å². The van der Waals surface area contributed by atoms with Crippen LogP contribution < -0.4 is 0 Å². The topological polar surface area (TPSA) is 29.5 Å². The van der Waals surface area contributed by atoms with Crippen LogP contribution in [0.1, 0.15) is 37.0 Å². The molecule has 2 aliphatic rings. The Kier molecular flexibility index (Phi) is 3.63. The van der Waals surface area contributed by atoms with Gasteiger partial charge in [-0.15, -0.1) is 11.3 Å². The summed E-state index contributed by atoms with van der Waals surface area (Å²) in [6.07, 6.45) is 3.45. The zero-order valence-corrected chi connectivity index (χ0v) is 12.4. The third-order valence-electron chi connectivity index (χ3n) is 4.74. The number of piperidine rings is 1. The molecule has 0 aromatic carbocycles. The van der Waals surface area contributed by atoms with Gasteiger partial charge in [0.15, 0.2) is 0 Å². The molecule has 2 saturated heterocycles. The maximum Gasteiger partial charge on any atom is 0.311 e. The van der Waals surface area contributed by atoms with Gasteiger partial charge in [0.25, 0.3) is 0 Å². The Labute approximate surface area is 118 Å². The Balaban J connectivity index is 1.91. The summed E-state index contributed by atoms with van der Waals surface area (Å²) in [4.78, 5) is 16.2. The van der Waals surface area contributed by atoms with Crippen molar-refractivity contribution in [3.05, 3.63) is 22.4 Å². The van der Waals surface area contributed by atoms with Crippen molar-refractivity contribution >= 4 is 17.3 Å². The molecule has 0 saturated carbocycles. The number of carbonyl (C=O) groups excluding carboxylic acids is 1. The molecular weight excluding hydrogens is 258 g/mol. The van der Waals surface area contributed by atoms with E-state index >= 15 is 0 Å². The predicted octanol–water partition coefficient (Wildman–Crippen LogP) is 2.88. The number of fused-ring (bicyclic) bond motifs is 2. The third kappa shape index (κ3) is 2.21. The number of rotatable bonds is 3. The molecule has 19 heavy (non-hydrogen) atoms. The van der Waals surface area contributed by atoms with Crippen molar-refractivity contribution in [1.29, 1.82) is 0 Å². The average Bonchev–Trinajstić information content (AvgIpc) is 2.97. The number of hydrogen-bond acceptors (Lipinski definition) is 4. The van der Waals surface area contributed by atoms with Gasteiger partial charge < -0.3 is 4.74 Å². The Morgan fingerprint density at radius 2 is 2.37 bits per heavy atom. The van der Waals surface area contributed by atoms with Crippen molar-refractivity contribution in [1.82, 2.24) is 4.90 Å². The highest BCUT2D eigenvalue weighted by atomic mass is 32.1. The number of carbonyl (C=O) groups is 1. The van der Waals surface area contributed by atoms with Gasteiger partial charge in [-0.3, -0.25) is 9.69 Å². The zero-order chi connectivity index (χ0) is 13.4. The molecule has 1 aromatic heterocycles. The standard InChI is InChI=1S/C15H21NO2S/c1-3-18-15(17)14-11(13-5-4-8-19-13)9-10-6-7-12(14)16(10)2/h4-5,8,10-12,14H,3,6-7,9H2,1-2H3/t10?,11-,12?,14?/m0/s1. The van der Waals surface area contributed by atoms with Crippen LogP contribution in [-0.4, -0.2) is 36.6 Å². The highest BCUT2D eigenvalue weighted by molar-refractivity contribution is 7.10. The van der Waals surface area contributed by atoms with Crippen LogP contribution in [0.4, 0.5) is 0 Å². The zero-order valence-electron chi connectivity index (χ0n) is 11.5. The van der Waals surface area contributed by atoms with E-state index in [-0.39, 0.29) is 11.9 Å². The number of hydrogen-bond donors (Lipinski definition) is 0. The first-order valence-corrected chi connectivity index (χ1v) is 8.02. The molecule has 3 rings (SSSR count). The predicted molar refractivity (Wildman–Crippen MR) is 76.4 cm³/mol. The Morgan fingerprint density at radius 1 is 1.53 bits per heavy atom. The molecule has 4 atom stereocenters.